The maximum atomic E-state index is 12.8. The lowest BCUT2D eigenvalue weighted by atomic mass is 10.0. The van der Waals surface area contributed by atoms with E-state index in [1.54, 1.807) is 17.6 Å². The van der Waals surface area contributed by atoms with Crippen LogP contribution in [0.2, 0.25) is 0 Å². The number of benzene rings is 2. The van der Waals surface area contributed by atoms with Gasteiger partial charge in [-0.05, 0) is 35.2 Å². The van der Waals surface area contributed by atoms with Gasteiger partial charge in [-0.2, -0.15) is 0 Å². The third-order valence-electron chi connectivity index (χ3n) is 4.97. The summed E-state index contributed by atoms with van der Waals surface area (Å²) < 4.78 is 7.52. The van der Waals surface area contributed by atoms with E-state index < -0.39 is 0 Å². The first-order valence-electron chi connectivity index (χ1n) is 10.3. The van der Waals surface area contributed by atoms with Crippen molar-refractivity contribution in [3.05, 3.63) is 96.3 Å². The minimum atomic E-state index is -0.103. The van der Waals surface area contributed by atoms with Crippen molar-refractivity contribution in [1.82, 2.24) is 14.8 Å². The molecule has 0 aliphatic heterocycles. The quantitative estimate of drug-likeness (QED) is 0.279. The fourth-order valence-electron chi connectivity index (χ4n) is 3.46. The number of para-hydroxylation sites is 1. The first-order chi connectivity index (χ1) is 16.3. The molecule has 0 saturated carbocycles. The van der Waals surface area contributed by atoms with E-state index in [9.17, 15) is 4.79 Å². The highest BCUT2D eigenvalue weighted by atomic mass is 32.2. The summed E-state index contributed by atoms with van der Waals surface area (Å²) in [5.41, 5.74) is 2.82. The monoisotopic (exact) mass is 472 g/mol. The van der Waals surface area contributed by atoms with E-state index in [-0.39, 0.29) is 11.7 Å². The van der Waals surface area contributed by atoms with Crippen LogP contribution in [0.15, 0.2) is 100 Å². The Morgan fingerprint density at radius 3 is 2.61 bits per heavy atom. The number of thioether (sulfide) groups is 1. The molecule has 164 valence electrons. The molecule has 0 atom stereocenters. The molecule has 0 unspecified atom stereocenters. The molecule has 0 spiro atoms. The lowest BCUT2D eigenvalue weighted by Gasteiger charge is -2.11. The molecular weight excluding hydrogens is 452 g/mol. The van der Waals surface area contributed by atoms with Crippen LogP contribution in [0.3, 0.4) is 0 Å². The molecule has 0 radical (unpaired) electrons. The lowest BCUT2D eigenvalue weighted by molar-refractivity contribution is -0.113. The van der Waals surface area contributed by atoms with Gasteiger partial charge in [-0.1, -0.05) is 66.4 Å². The smallest absolute Gasteiger partial charge is 0.234 e. The Kier molecular flexibility index (Phi) is 6.37. The van der Waals surface area contributed by atoms with E-state index in [2.05, 4.69) is 15.5 Å². The van der Waals surface area contributed by atoms with Crippen molar-refractivity contribution in [3.8, 4) is 21.8 Å². The van der Waals surface area contributed by atoms with Crippen molar-refractivity contribution >= 4 is 34.7 Å². The van der Waals surface area contributed by atoms with Gasteiger partial charge in [-0.3, -0.25) is 9.36 Å². The molecule has 0 bridgehead atoms. The molecule has 6 nitrogen and oxygen atoms in total. The Labute approximate surface area is 199 Å². The molecular formula is C25H20N4O2S2. The number of carbonyl (C=O) groups excluding carboxylic acids is 1. The van der Waals surface area contributed by atoms with Crippen LogP contribution in [-0.2, 0) is 11.3 Å². The summed E-state index contributed by atoms with van der Waals surface area (Å²) in [7, 11) is 0. The van der Waals surface area contributed by atoms with Crippen LogP contribution in [-0.4, -0.2) is 26.4 Å². The number of hydrogen-bond donors (Lipinski definition) is 1. The Balaban J connectivity index is 1.33. The van der Waals surface area contributed by atoms with Gasteiger partial charge < -0.3 is 9.73 Å². The average Bonchev–Trinajstić information content (AvgIpc) is 3.62. The van der Waals surface area contributed by atoms with E-state index in [4.69, 9.17) is 4.42 Å². The number of amides is 1. The van der Waals surface area contributed by atoms with Crippen molar-refractivity contribution in [3.63, 3.8) is 0 Å². The van der Waals surface area contributed by atoms with Gasteiger partial charge in [0.2, 0.25) is 5.91 Å². The highest BCUT2D eigenvalue weighted by molar-refractivity contribution is 7.99. The summed E-state index contributed by atoms with van der Waals surface area (Å²) >= 11 is 2.96. The predicted octanol–water partition coefficient (Wildman–Crippen LogP) is 6.05. The number of furan rings is 1. The van der Waals surface area contributed by atoms with Gasteiger partial charge in [-0.15, -0.1) is 21.5 Å². The van der Waals surface area contributed by atoms with Gasteiger partial charge in [0.25, 0.3) is 0 Å². The Morgan fingerprint density at radius 2 is 1.82 bits per heavy atom. The van der Waals surface area contributed by atoms with Gasteiger partial charge >= 0.3 is 0 Å². The van der Waals surface area contributed by atoms with E-state index >= 15 is 0 Å². The van der Waals surface area contributed by atoms with Crippen LogP contribution in [0.4, 0.5) is 5.69 Å². The number of carbonyl (C=O) groups is 1. The van der Waals surface area contributed by atoms with Crippen molar-refractivity contribution in [2.75, 3.05) is 11.1 Å². The minimum absolute atomic E-state index is 0.103. The number of anilines is 1. The number of thiophene rings is 1. The highest BCUT2D eigenvalue weighted by Gasteiger charge is 2.18. The molecule has 1 amide bonds. The molecule has 5 rings (SSSR count). The van der Waals surface area contributed by atoms with Crippen LogP contribution in [0.25, 0.3) is 21.8 Å². The lowest BCUT2D eigenvalue weighted by Crippen LogP contribution is -2.15. The topological polar surface area (TPSA) is 73.0 Å². The number of rotatable bonds is 8. The summed E-state index contributed by atoms with van der Waals surface area (Å²) in [5, 5.41) is 14.5. The van der Waals surface area contributed by atoms with Gasteiger partial charge in [0.1, 0.15) is 5.76 Å². The van der Waals surface area contributed by atoms with E-state index in [0.29, 0.717) is 11.7 Å². The van der Waals surface area contributed by atoms with Crippen molar-refractivity contribution in [1.29, 1.82) is 0 Å². The molecule has 1 N–H and O–H groups in total. The molecule has 33 heavy (non-hydrogen) atoms. The molecule has 0 saturated heterocycles. The second kappa shape index (κ2) is 9.89. The summed E-state index contributed by atoms with van der Waals surface area (Å²) in [5.74, 6) is 1.67. The van der Waals surface area contributed by atoms with Crippen LogP contribution >= 0.6 is 23.1 Å². The summed E-state index contributed by atoms with van der Waals surface area (Å²) in [4.78, 5) is 13.8. The molecule has 3 heterocycles. The minimum Gasteiger partial charge on any atom is -0.467 e. The SMILES string of the molecule is O=C(CSc1nnc(-c2cccs2)n1Cc1ccco1)Nc1ccccc1-c1ccccc1. The Hall–Kier alpha value is -3.62. The zero-order chi connectivity index (χ0) is 22.5. The fraction of sp³-hybridized carbons (Fsp3) is 0.0800. The first kappa shape index (κ1) is 21.2. The molecule has 5 aromatic rings. The number of nitrogens with zero attached hydrogens (tertiary/aromatic N) is 3. The van der Waals surface area contributed by atoms with Gasteiger partial charge in [0.15, 0.2) is 11.0 Å². The number of aromatic nitrogens is 3. The largest absolute Gasteiger partial charge is 0.467 e. The van der Waals surface area contributed by atoms with Crippen molar-refractivity contribution in [2.24, 2.45) is 0 Å². The Morgan fingerprint density at radius 1 is 0.970 bits per heavy atom. The predicted molar refractivity (Wildman–Crippen MR) is 132 cm³/mol. The average molecular weight is 473 g/mol. The van der Waals surface area contributed by atoms with Crippen LogP contribution in [0, 0.1) is 0 Å². The molecule has 3 aromatic heterocycles. The normalized spacial score (nSPS) is 10.9. The molecule has 0 aliphatic carbocycles. The zero-order valence-electron chi connectivity index (χ0n) is 17.5. The van der Waals surface area contributed by atoms with Gasteiger partial charge in [-0.25, -0.2) is 0 Å². The molecule has 8 heteroatoms. The van der Waals surface area contributed by atoms with Crippen LogP contribution in [0.5, 0.6) is 0 Å². The third kappa shape index (κ3) is 4.92. The standard InChI is InChI=1S/C25H20N4O2S2/c30-23(26-21-12-5-4-11-20(21)18-8-2-1-3-9-18)17-33-25-28-27-24(22-13-7-15-32-22)29(25)16-19-10-6-14-31-19/h1-15H,16-17H2,(H,26,30). The zero-order valence-corrected chi connectivity index (χ0v) is 19.2. The second-order valence-corrected chi connectivity index (χ2v) is 9.09. The molecule has 2 aromatic carbocycles. The Bertz CT molecular complexity index is 1330. The summed E-state index contributed by atoms with van der Waals surface area (Å²) in [6.45, 7) is 0.494. The molecule has 0 aliphatic rings. The molecule has 0 fully saturated rings. The third-order valence-corrected chi connectivity index (χ3v) is 6.80. The number of hydrogen-bond acceptors (Lipinski definition) is 6. The maximum Gasteiger partial charge on any atom is 0.234 e. The van der Waals surface area contributed by atoms with E-state index in [1.807, 2.05) is 88.8 Å². The maximum absolute atomic E-state index is 12.8. The highest BCUT2D eigenvalue weighted by Crippen LogP contribution is 2.30. The summed E-state index contributed by atoms with van der Waals surface area (Å²) in [6, 6.07) is 25.6. The second-order valence-electron chi connectivity index (χ2n) is 7.20. The van der Waals surface area contributed by atoms with Crippen molar-refractivity contribution < 1.29 is 9.21 Å². The fourth-order valence-corrected chi connectivity index (χ4v) is 4.92. The van der Waals surface area contributed by atoms with E-state index in [0.717, 1.165) is 33.3 Å². The van der Waals surface area contributed by atoms with Crippen LogP contribution in [0.1, 0.15) is 5.76 Å². The number of nitrogens with one attached hydrogen (secondary N) is 1. The summed E-state index contributed by atoms with van der Waals surface area (Å²) in [6.07, 6.45) is 1.65. The van der Waals surface area contributed by atoms with Crippen molar-refractivity contribution in [2.45, 2.75) is 11.7 Å². The van der Waals surface area contributed by atoms with E-state index in [1.165, 1.54) is 11.8 Å². The first-order valence-corrected chi connectivity index (χ1v) is 12.2. The van der Waals surface area contributed by atoms with Crippen LogP contribution < -0.4 is 5.32 Å². The van der Waals surface area contributed by atoms with Gasteiger partial charge in [0, 0.05) is 11.3 Å². The van der Waals surface area contributed by atoms with Gasteiger partial charge in [0.05, 0.1) is 23.4 Å².